The molecule has 2 aliphatic rings. The summed E-state index contributed by atoms with van der Waals surface area (Å²) in [7, 11) is 1.88. The summed E-state index contributed by atoms with van der Waals surface area (Å²) in [5.74, 6) is 0.220. The maximum Gasteiger partial charge on any atom is 0.245 e. The molecule has 2 amide bonds. The molecule has 1 unspecified atom stereocenters. The SMILES string of the molecule is CNCCCC(=O)N1CCCC1C(=O)N1CCOCC1. The highest BCUT2D eigenvalue weighted by Gasteiger charge is 2.36. The minimum Gasteiger partial charge on any atom is -0.378 e. The van der Waals surface area contributed by atoms with E-state index in [0.29, 0.717) is 32.7 Å². The first kappa shape index (κ1) is 15.3. The lowest BCUT2D eigenvalue weighted by Gasteiger charge is -2.32. The topological polar surface area (TPSA) is 61.9 Å². The van der Waals surface area contributed by atoms with Crippen LogP contribution in [0.4, 0.5) is 0 Å². The zero-order valence-corrected chi connectivity index (χ0v) is 12.3. The molecule has 20 heavy (non-hydrogen) atoms. The minimum absolute atomic E-state index is 0.104. The number of amides is 2. The Balaban J connectivity index is 1.88. The normalized spacial score (nSPS) is 23.1. The van der Waals surface area contributed by atoms with Gasteiger partial charge in [0.25, 0.3) is 0 Å². The Bertz CT molecular complexity index is 343. The molecule has 2 rings (SSSR count). The lowest BCUT2D eigenvalue weighted by molar-refractivity contribution is -0.146. The van der Waals surface area contributed by atoms with Crippen LogP contribution in [0.2, 0.25) is 0 Å². The number of rotatable bonds is 5. The monoisotopic (exact) mass is 283 g/mol. The van der Waals surface area contributed by atoms with E-state index in [0.717, 1.165) is 32.4 Å². The van der Waals surface area contributed by atoms with Gasteiger partial charge < -0.3 is 19.9 Å². The predicted molar refractivity (Wildman–Crippen MR) is 75.3 cm³/mol. The molecule has 1 atom stereocenters. The zero-order valence-electron chi connectivity index (χ0n) is 12.3. The van der Waals surface area contributed by atoms with Crippen molar-refractivity contribution in [3.8, 4) is 0 Å². The molecule has 2 aliphatic heterocycles. The molecular weight excluding hydrogens is 258 g/mol. The van der Waals surface area contributed by atoms with Gasteiger partial charge in [0.2, 0.25) is 11.8 Å². The van der Waals surface area contributed by atoms with Gasteiger partial charge in [-0.15, -0.1) is 0 Å². The maximum atomic E-state index is 12.5. The average molecular weight is 283 g/mol. The molecular formula is C14H25N3O3. The standard InChI is InChI=1S/C14H25N3O3/c1-15-6-2-5-13(18)17-7-3-4-12(17)14(19)16-8-10-20-11-9-16/h12,15H,2-11H2,1H3. The third-order valence-electron chi connectivity index (χ3n) is 4.00. The average Bonchev–Trinajstić information content (AvgIpc) is 2.97. The van der Waals surface area contributed by atoms with Crippen LogP contribution in [0, 0.1) is 0 Å². The van der Waals surface area contributed by atoms with Gasteiger partial charge in [0, 0.05) is 26.1 Å². The molecule has 0 aromatic carbocycles. The van der Waals surface area contributed by atoms with Crippen molar-refractivity contribution < 1.29 is 14.3 Å². The summed E-state index contributed by atoms with van der Waals surface area (Å²) in [6.45, 7) is 4.07. The van der Waals surface area contributed by atoms with Crippen LogP contribution in [-0.2, 0) is 14.3 Å². The number of hydrogen-bond donors (Lipinski definition) is 1. The van der Waals surface area contributed by atoms with Crippen LogP contribution in [0.25, 0.3) is 0 Å². The first-order valence-corrected chi connectivity index (χ1v) is 7.54. The van der Waals surface area contributed by atoms with E-state index in [1.807, 2.05) is 11.9 Å². The van der Waals surface area contributed by atoms with E-state index in [9.17, 15) is 9.59 Å². The fourth-order valence-electron chi connectivity index (χ4n) is 2.88. The first-order valence-electron chi connectivity index (χ1n) is 7.54. The summed E-state index contributed by atoms with van der Waals surface area (Å²) in [6, 6.07) is -0.241. The van der Waals surface area contributed by atoms with Crippen LogP contribution in [0.15, 0.2) is 0 Å². The fourth-order valence-corrected chi connectivity index (χ4v) is 2.88. The smallest absolute Gasteiger partial charge is 0.245 e. The van der Waals surface area contributed by atoms with E-state index in [2.05, 4.69) is 5.32 Å². The van der Waals surface area contributed by atoms with Gasteiger partial charge in [-0.3, -0.25) is 9.59 Å². The number of nitrogens with one attached hydrogen (secondary N) is 1. The van der Waals surface area contributed by atoms with Crippen LogP contribution in [0.3, 0.4) is 0 Å². The molecule has 2 saturated heterocycles. The second kappa shape index (κ2) is 7.59. The predicted octanol–water partition coefficient (Wildman–Crippen LogP) is -0.164. The van der Waals surface area contributed by atoms with Gasteiger partial charge in [-0.05, 0) is 32.9 Å². The number of nitrogens with zero attached hydrogens (tertiary/aromatic N) is 2. The summed E-state index contributed by atoms with van der Waals surface area (Å²) >= 11 is 0. The zero-order chi connectivity index (χ0) is 14.4. The van der Waals surface area contributed by atoms with Crippen molar-refractivity contribution in [2.75, 3.05) is 46.4 Å². The number of carbonyl (C=O) groups excluding carboxylic acids is 2. The lowest BCUT2D eigenvalue weighted by atomic mass is 10.1. The van der Waals surface area contributed by atoms with E-state index >= 15 is 0 Å². The van der Waals surface area contributed by atoms with E-state index in [4.69, 9.17) is 4.74 Å². The van der Waals surface area contributed by atoms with Gasteiger partial charge in [-0.1, -0.05) is 0 Å². The fraction of sp³-hybridized carbons (Fsp3) is 0.857. The molecule has 0 aliphatic carbocycles. The molecule has 2 heterocycles. The quantitative estimate of drug-likeness (QED) is 0.712. The van der Waals surface area contributed by atoms with Crippen molar-refractivity contribution in [1.29, 1.82) is 0 Å². The Labute approximate surface area is 120 Å². The molecule has 1 N–H and O–H groups in total. The van der Waals surface area contributed by atoms with Gasteiger partial charge in [-0.25, -0.2) is 0 Å². The van der Waals surface area contributed by atoms with Crippen molar-refractivity contribution in [2.24, 2.45) is 0 Å². The molecule has 0 radical (unpaired) electrons. The Kier molecular flexibility index (Phi) is 5.79. The van der Waals surface area contributed by atoms with Gasteiger partial charge in [-0.2, -0.15) is 0 Å². The summed E-state index contributed by atoms with van der Waals surface area (Å²) in [5.41, 5.74) is 0. The number of ether oxygens (including phenoxy) is 1. The third kappa shape index (κ3) is 3.70. The van der Waals surface area contributed by atoms with Crippen LogP contribution in [0.5, 0.6) is 0 Å². The Morgan fingerprint density at radius 3 is 2.70 bits per heavy atom. The van der Waals surface area contributed by atoms with Gasteiger partial charge in [0.1, 0.15) is 6.04 Å². The van der Waals surface area contributed by atoms with Crippen molar-refractivity contribution in [1.82, 2.24) is 15.1 Å². The molecule has 0 spiro atoms. The molecule has 0 saturated carbocycles. The molecule has 114 valence electrons. The highest BCUT2D eigenvalue weighted by Crippen LogP contribution is 2.21. The minimum atomic E-state index is -0.241. The van der Waals surface area contributed by atoms with E-state index in [-0.39, 0.29) is 17.9 Å². The molecule has 6 nitrogen and oxygen atoms in total. The Hall–Kier alpha value is -1.14. The second-order valence-corrected chi connectivity index (χ2v) is 5.39. The number of hydrogen-bond acceptors (Lipinski definition) is 4. The first-order chi connectivity index (χ1) is 9.74. The number of carbonyl (C=O) groups is 2. The van der Waals surface area contributed by atoms with E-state index in [1.165, 1.54) is 0 Å². The van der Waals surface area contributed by atoms with Crippen LogP contribution in [0.1, 0.15) is 25.7 Å². The van der Waals surface area contributed by atoms with Crippen LogP contribution >= 0.6 is 0 Å². The summed E-state index contributed by atoms with van der Waals surface area (Å²) < 4.78 is 5.27. The second-order valence-electron chi connectivity index (χ2n) is 5.39. The molecule has 2 fully saturated rings. The third-order valence-corrected chi connectivity index (χ3v) is 4.00. The summed E-state index contributed by atoms with van der Waals surface area (Å²) in [4.78, 5) is 28.4. The lowest BCUT2D eigenvalue weighted by Crippen LogP contribution is -2.51. The molecule has 0 aromatic rings. The van der Waals surface area contributed by atoms with Crippen molar-refractivity contribution in [3.05, 3.63) is 0 Å². The van der Waals surface area contributed by atoms with Gasteiger partial charge in [0.05, 0.1) is 13.2 Å². The molecule has 0 aromatic heterocycles. The Morgan fingerprint density at radius 2 is 2.00 bits per heavy atom. The van der Waals surface area contributed by atoms with Crippen LogP contribution < -0.4 is 5.32 Å². The van der Waals surface area contributed by atoms with Gasteiger partial charge >= 0.3 is 0 Å². The number of morpholine rings is 1. The largest absolute Gasteiger partial charge is 0.378 e. The highest BCUT2D eigenvalue weighted by molar-refractivity contribution is 5.88. The summed E-state index contributed by atoms with van der Waals surface area (Å²) in [6.07, 6.45) is 3.07. The van der Waals surface area contributed by atoms with E-state index in [1.54, 1.807) is 4.90 Å². The van der Waals surface area contributed by atoms with Crippen molar-refractivity contribution in [3.63, 3.8) is 0 Å². The van der Waals surface area contributed by atoms with Crippen molar-refractivity contribution in [2.45, 2.75) is 31.7 Å². The molecule has 6 heteroatoms. The Morgan fingerprint density at radius 1 is 1.25 bits per heavy atom. The van der Waals surface area contributed by atoms with E-state index < -0.39 is 0 Å². The van der Waals surface area contributed by atoms with Gasteiger partial charge in [0.15, 0.2) is 0 Å². The maximum absolute atomic E-state index is 12.5. The number of likely N-dealkylation sites (tertiary alicyclic amines) is 1. The highest BCUT2D eigenvalue weighted by atomic mass is 16.5. The summed E-state index contributed by atoms with van der Waals surface area (Å²) in [5, 5.41) is 3.04. The van der Waals surface area contributed by atoms with Crippen LogP contribution in [-0.4, -0.2) is 74.1 Å². The molecule has 0 bridgehead atoms. The van der Waals surface area contributed by atoms with Crippen molar-refractivity contribution >= 4 is 11.8 Å².